The van der Waals surface area contributed by atoms with E-state index in [1.807, 2.05) is 0 Å². The summed E-state index contributed by atoms with van der Waals surface area (Å²) in [5.74, 6) is -0.647. The zero-order valence-electron chi connectivity index (χ0n) is 30.3. The van der Waals surface area contributed by atoms with E-state index in [1.165, 1.54) is 167 Å². The number of hydrogen-bond acceptors (Lipinski definition) is 3. The fourth-order valence-electron chi connectivity index (χ4n) is 5.51. The molecular formula is C36H72CaO3Zn. The topological polar surface area (TPSA) is 43.4 Å². The first-order valence-electron chi connectivity index (χ1n) is 17.9. The van der Waals surface area contributed by atoms with Crippen molar-refractivity contribution in [1.29, 1.82) is 0 Å². The van der Waals surface area contributed by atoms with Gasteiger partial charge in [-0.1, -0.05) is 194 Å². The van der Waals surface area contributed by atoms with Crippen LogP contribution in [0.4, 0.5) is 0 Å². The zero-order chi connectivity index (χ0) is 28.5. The molecule has 0 aromatic heterocycles. The van der Waals surface area contributed by atoms with Crippen LogP contribution in [0.15, 0.2) is 0 Å². The molecule has 0 atom stereocenters. The van der Waals surface area contributed by atoms with Crippen LogP contribution in [0.25, 0.3) is 0 Å². The van der Waals surface area contributed by atoms with Gasteiger partial charge >= 0.3 is 49.7 Å². The summed E-state index contributed by atoms with van der Waals surface area (Å²) in [6.07, 6.45) is 40.1. The molecule has 5 heteroatoms. The molecule has 0 saturated carbocycles. The van der Waals surface area contributed by atoms with Crippen molar-refractivity contribution in [2.24, 2.45) is 0 Å². The second-order valence-corrected chi connectivity index (χ2v) is 12.2. The fourth-order valence-corrected chi connectivity index (χ4v) is 5.51. The van der Waals surface area contributed by atoms with Gasteiger partial charge in [0.15, 0.2) is 0 Å². The number of unbranched alkanes of at least 4 members (excludes halogenated alkanes) is 28. The number of esters is 2. The van der Waals surface area contributed by atoms with Crippen molar-refractivity contribution < 1.29 is 36.7 Å². The number of carbonyl (C=O) groups excluding carboxylic acids is 2. The van der Waals surface area contributed by atoms with Crippen molar-refractivity contribution in [3.8, 4) is 0 Å². The Hall–Kier alpha value is 1.02. The summed E-state index contributed by atoms with van der Waals surface area (Å²) in [5.41, 5.74) is 0. The Morgan fingerprint density at radius 2 is 0.537 bits per heavy atom. The molecule has 0 unspecified atom stereocenters. The van der Waals surface area contributed by atoms with Crippen LogP contribution < -0.4 is 0 Å². The van der Waals surface area contributed by atoms with Crippen LogP contribution in [0.2, 0.25) is 0 Å². The van der Waals surface area contributed by atoms with Crippen LogP contribution in [0.5, 0.6) is 0 Å². The van der Waals surface area contributed by atoms with Crippen molar-refractivity contribution in [2.75, 3.05) is 0 Å². The van der Waals surface area contributed by atoms with Gasteiger partial charge in [-0.15, -0.1) is 0 Å². The Morgan fingerprint density at radius 1 is 0.366 bits per heavy atom. The SMILES string of the molecule is CCCCCCCCCCCCCCCCCC(=O)OC(=O)CCCCCCCCCCCCCCCCC.[Ca+2].[H-].[H-].[Zn]. The summed E-state index contributed by atoms with van der Waals surface area (Å²) in [6.45, 7) is 4.55. The molecule has 0 aromatic rings. The molecule has 0 aliphatic heterocycles. The van der Waals surface area contributed by atoms with Crippen molar-refractivity contribution in [3.05, 3.63) is 0 Å². The Labute approximate surface area is 303 Å². The summed E-state index contributed by atoms with van der Waals surface area (Å²) >= 11 is 0. The molecule has 0 rings (SSSR count). The molecule has 3 nitrogen and oxygen atoms in total. The van der Waals surface area contributed by atoms with E-state index in [4.69, 9.17) is 4.74 Å². The predicted molar refractivity (Wildman–Crippen MR) is 178 cm³/mol. The summed E-state index contributed by atoms with van der Waals surface area (Å²) in [5, 5.41) is 0. The number of ether oxygens (including phenoxy) is 1. The third-order valence-corrected chi connectivity index (χ3v) is 8.20. The average molecular weight is 658 g/mol. The third kappa shape index (κ3) is 41.0. The van der Waals surface area contributed by atoms with E-state index in [0.717, 1.165) is 25.7 Å². The van der Waals surface area contributed by atoms with Crippen molar-refractivity contribution in [2.45, 2.75) is 219 Å². The maximum Gasteiger partial charge on any atom is 2.00 e. The molecule has 0 aliphatic rings. The van der Waals surface area contributed by atoms with Gasteiger partial charge < -0.3 is 7.59 Å². The largest absolute Gasteiger partial charge is 2.00 e. The summed E-state index contributed by atoms with van der Waals surface area (Å²) < 4.78 is 5.01. The quantitative estimate of drug-likeness (QED) is 0.0313. The minimum Gasteiger partial charge on any atom is -1.00 e. The first kappa shape index (κ1) is 46.4. The second kappa shape index (κ2) is 41.0. The van der Waals surface area contributed by atoms with Gasteiger partial charge in [0.1, 0.15) is 0 Å². The molecule has 238 valence electrons. The Morgan fingerprint density at radius 3 is 0.732 bits per heavy atom. The van der Waals surface area contributed by atoms with Gasteiger partial charge in [0.2, 0.25) is 0 Å². The average Bonchev–Trinajstić information content (AvgIpc) is 2.93. The fraction of sp³-hybridized carbons (Fsp3) is 0.944. The first-order valence-corrected chi connectivity index (χ1v) is 17.9. The smallest absolute Gasteiger partial charge is 1.00 e. The van der Waals surface area contributed by atoms with E-state index >= 15 is 0 Å². The van der Waals surface area contributed by atoms with Gasteiger partial charge in [0.25, 0.3) is 0 Å². The van der Waals surface area contributed by atoms with Gasteiger partial charge in [-0.2, -0.15) is 0 Å². The number of hydrogen-bond donors (Lipinski definition) is 0. The molecule has 0 bridgehead atoms. The van der Waals surface area contributed by atoms with Crippen LogP contribution in [-0.4, -0.2) is 49.7 Å². The molecule has 0 aromatic carbocycles. The van der Waals surface area contributed by atoms with Gasteiger partial charge in [-0.05, 0) is 12.8 Å². The molecule has 0 amide bonds. The second-order valence-electron chi connectivity index (χ2n) is 12.2. The Kier molecular flexibility index (Phi) is 46.5. The van der Waals surface area contributed by atoms with E-state index in [0.29, 0.717) is 12.8 Å². The first-order chi connectivity index (χ1) is 19.2. The summed E-state index contributed by atoms with van der Waals surface area (Å²) in [6, 6.07) is 0. The van der Waals surface area contributed by atoms with Crippen LogP contribution in [0.1, 0.15) is 222 Å². The van der Waals surface area contributed by atoms with Crippen LogP contribution in [0.3, 0.4) is 0 Å². The van der Waals surface area contributed by atoms with Crippen LogP contribution in [0, 0.1) is 0 Å². The Balaban J connectivity index is -0.00000120. The normalized spacial score (nSPS) is 10.7. The summed E-state index contributed by atoms with van der Waals surface area (Å²) in [4.78, 5) is 23.8. The molecule has 0 fully saturated rings. The van der Waals surface area contributed by atoms with E-state index in [-0.39, 0.29) is 72.0 Å². The number of carbonyl (C=O) groups is 2. The number of rotatable bonds is 32. The molecule has 41 heavy (non-hydrogen) atoms. The van der Waals surface area contributed by atoms with Crippen molar-refractivity contribution in [1.82, 2.24) is 0 Å². The maximum atomic E-state index is 11.9. The predicted octanol–water partition coefficient (Wildman–Crippen LogP) is 12.4. The zero-order valence-corrected chi connectivity index (χ0v) is 33.4. The molecular weight excluding hydrogens is 586 g/mol. The minimum absolute atomic E-state index is 0. The van der Waals surface area contributed by atoms with Gasteiger partial charge in [-0.3, -0.25) is 9.59 Å². The van der Waals surface area contributed by atoms with E-state index in [1.54, 1.807) is 0 Å². The maximum absolute atomic E-state index is 11.9. The molecule has 0 saturated heterocycles. The van der Waals surface area contributed by atoms with E-state index < -0.39 is 0 Å². The standard InChI is InChI=1S/C36H70O3.Ca.Zn.2H/c1-3-5-7-9-11-13-15-17-19-21-23-25-27-29-31-33-35(37)39-36(38)34-32-30-28-26-24-22-20-18-16-14-12-10-8-6-4-2;;;;/h3-34H2,1-2H3;;;;/q;+2;;2*-1. The monoisotopic (exact) mass is 656 g/mol. The molecule has 0 N–H and O–H groups in total. The molecule has 0 heterocycles. The minimum atomic E-state index is -0.323. The van der Waals surface area contributed by atoms with Crippen LogP contribution in [-0.2, 0) is 33.8 Å². The van der Waals surface area contributed by atoms with Gasteiger partial charge in [0.05, 0.1) is 0 Å². The molecule has 0 aliphatic carbocycles. The summed E-state index contributed by atoms with van der Waals surface area (Å²) in [7, 11) is 0. The molecule has 0 spiro atoms. The van der Waals surface area contributed by atoms with Gasteiger partial charge in [0, 0.05) is 32.3 Å². The van der Waals surface area contributed by atoms with Gasteiger partial charge in [-0.25, -0.2) is 0 Å². The van der Waals surface area contributed by atoms with E-state index in [9.17, 15) is 9.59 Å². The van der Waals surface area contributed by atoms with Crippen molar-refractivity contribution in [3.63, 3.8) is 0 Å². The van der Waals surface area contributed by atoms with E-state index in [2.05, 4.69) is 13.8 Å². The van der Waals surface area contributed by atoms with Crippen LogP contribution >= 0.6 is 0 Å². The third-order valence-electron chi connectivity index (χ3n) is 8.20. The Bertz CT molecular complexity index is 483. The molecule has 0 radical (unpaired) electrons. The van der Waals surface area contributed by atoms with Crippen molar-refractivity contribution >= 4 is 49.7 Å².